The first-order valence-electron chi connectivity index (χ1n) is 10.3. The van der Waals surface area contributed by atoms with Crippen molar-refractivity contribution in [3.63, 3.8) is 0 Å². The predicted octanol–water partition coefficient (Wildman–Crippen LogP) is 3.76. The maximum absolute atomic E-state index is 13.7. The molecule has 160 valence electrons. The summed E-state index contributed by atoms with van der Waals surface area (Å²) in [4.78, 5) is 19.9. The maximum atomic E-state index is 13.7. The predicted molar refractivity (Wildman–Crippen MR) is 114 cm³/mol. The van der Waals surface area contributed by atoms with Crippen molar-refractivity contribution in [1.82, 2.24) is 9.88 Å². The van der Waals surface area contributed by atoms with Crippen molar-refractivity contribution in [2.24, 2.45) is 0 Å². The number of carbonyl (C=O) groups excluding carboxylic acids is 1. The first kappa shape index (κ1) is 19.8. The quantitative estimate of drug-likeness (QED) is 0.626. The lowest BCUT2D eigenvalue weighted by molar-refractivity contribution is -0.139. The van der Waals surface area contributed by atoms with Crippen LogP contribution < -0.4 is 9.47 Å². The molecule has 0 spiro atoms. The Hall–Kier alpha value is -3.16. The Morgan fingerprint density at radius 1 is 1.13 bits per heavy atom. The number of para-hydroxylation sites is 1. The average Bonchev–Trinajstić information content (AvgIpc) is 3.37. The van der Waals surface area contributed by atoms with Crippen LogP contribution in [0.2, 0.25) is 0 Å². The number of ether oxygens (including phenoxy) is 4. The van der Waals surface area contributed by atoms with Gasteiger partial charge < -0.3 is 23.8 Å². The molecule has 1 fully saturated rings. The molecule has 0 N–H and O–H groups in total. The lowest BCUT2D eigenvalue weighted by Crippen LogP contribution is -2.38. The second kappa shape index (κ2) is 7.83. The molecule has 3 heterocycles. The average molecular weight is 420 g/mol. The van der Waals surface area contributed by atoms with Crippen molar-refractivity contribution in [2.75, 3.05) is 19.9 Å². The van der Waals surface area contributed by atoms with Crippen LogP contribution in [0, 0.1) is 0 Å². The number of aromatic nitrogens is 1. The van der Waals surface area contributed by atoms with Crippen LogP contribution in [0.25, 0.3) is 10.9 Å². The van der Waals surface area contributed by atoms with Crippen LogP contribution >= 0.6 is 0 Å². The van der Waals surface area contributed by atoms with Crippen LogP contribution in [0.4, 0.5) is 0 Å². The highest BCUT2D eigenvalue weighted by molar-refractivity contribution is 6.05. The lowest BCUT2D eigenvalue weighted by Gasteiger charge is -2.26. The first-order chi connectivity index (χ1) is 15.0. The summed E-state index contributed by atoms with van der Waals surface area (Å²) in [6.07, 6.45) is 1.49. The van der Waals surface area contributed by atoms with E-state index in [9.17, 15) is 4.79 Å². The SMILES string of the molecule is CC1(C)OC[C@H](CN(Cc2ccc3c(c2)OCO3)C(=O)c2cccc3cccnc23)O1. The van der Waals surface area contributed by atoms with E-state index in [1.165, 1.54) is 0 Å². The third-order valence-corrected chi connectivity index (χ3v) is 5.45. The van der Waals surface area contributed by atoms with Gasteiger partial charge in [0.2, 0.25) is 6.79 Å². The summed E-state index contributed by atoms with van der Waals surface area (Å²) in [6, 6.07) is 15.2. The van der Waals surface area contributed by atoms with Crippen LogP contribution in [-0.2, 0) is 16.0 Å². The molecular formula is C24H24N2O5. The van der Waals surface area contributed by atoms with Gasteiger partial charge in [-0.25, -0.2) is 0 Å². The third kappa shape index (κ3) is 4.06. The van der Waals surface area contributed by atoms with E-state index in [-0.39, 0.29) is 18.8 Å². The summed E-state index contributed by atoms with van der Waals surface area (Å²) in [6.45, 7) is 5.22. The molecule has 7 nitrogen and oxygen atoms in total. The molecule has 0 saturated carbocycles. The fraction of sp³-hybridized carbons (Fsp3) is 0.333. The topological polar surface area (TPSA) is 70.1 Å². The van der Waals surface area contributed by atoms with Crippen molar-refractivity contribution in [2.45, 2.75) is 32.3 Å². The van der Waals surface area contributed by atoms with Crippen molar-refractivity contribution in [3.05, 3.63) is 65.9 Å². The molecule has 3 aromatic rings. The highest BCUT2D eigenvalue weighted by atomic mass is 16.7. The number of amides is 1. The normalized spacial score (nSPS) is 19.0. The van der Waals surface area contributed by atoms with Crippen LogP contribution in [0.5, 0.6) is 11.5 Å². The van der Waals surface area contributed by atoms with E-state index in [4.69, 9.17) is 18.9 Å². The van der Waals surface area contributed by atoms with Gasteiger partial charge in [0.1, 0.15) is 6.10 Å². The van der Waals surface area contributed by atoms with E-state index in [1.54, 1.807) is 11.1 Å². The maximum Gasteiger partial charge on any atom is 0.256 e. The number of nitrogens with zero attached hydrogens (tertiary/aromatic N) is 2. The van der Waals surface area contributed by atoms with Gasteiger partial charge in [0.15, 0.2) is 17.3 Å². The highest BCUT2D eigenvalue weighted by Gasteiger charge is 2.35. The summed E-state index contributed by atoms with van der Waals surface area (Å²) in [5.41, 5.74) is 2.20. The molecule has 5 rings (SSSR count). The van der Waals surface area contributed by atoms with Crippen LogP contribution in [0.1, 0.15) is 29.8 Å². The minimum absolute atomic E-state index is 0.102. The molecule has 0 radical (unpaired) electrons. The van der Waals surface area contributed by atoms with E-state index in [1.807, 2.05) is 62.4 Å². The fourth-order valence-corrected chi connectivity index (χ4v) is 4.02. The molecule has 2 aliphatic heterocycles. The Balaban J connectivity index is 1.46. The molecule has 1 atom stereocenters. The van der Waals surface area contributed by atoms with Crippen molar-refractivity contribution < 1.29 is 23.7 Å². The largest absolute Gasteiger partial charge is 0.454 e. The van der Waals surface area contributed by atoms with Gasteiger partial charge in [-0.1, -0.05) is 24.3 Å². The van der Waals surface area contributed by atoms with Gasteiger partial charge in [-0.15, -0.1) is 0 Å². The van der Waals surface area contributed by atoms with Gasteiger partial charge in [0, 0.05) is 24.7 Å². The first-order valence-corrected chi connectivity index (χ1v) is 10.3. The van der Waals surface area contributed by atoms with Crippen LogP contribution in [-0.4, -0.2) is 47.6 Å². The smallest absolute Gasteiger partial charge is 0.256 e. The molecule has 31 heavy (non-hydrogen) atoms. The van der Waals surface area contributed by atoms with Crippen LogP contribution in [0.3, 0.4) is 0 Å². The monoisotopic (exact) mass is 420 g/mol. The van der Waals surface area contributed by atoms with Gasteiger partial charge in [0.05, 0.1) is 17.7 Å². The Morgan fingerprint density at radius 2 is 1.97 bits per heavy atom. The van der Waals surface area contributed by atoms with E-state index >= 15 is 0 Å². The van der Waals surface area contributed by atoms with Crippen molar-refractivity contribution in [1.29, 1.82) is 0 Å². The van der Waals surface area contributed by atoms with Gasteiger partial charge in [-0.2, -0.15) is 0 Å². The summed E-state index contributed by atoms with van der Waals surface area (Å²) in [7, 11) is 0. The van der Waals surface area contributed by atoms with E-state index in [0.717, 1.165) is 10.9 Å². The van der Waals surface area contributed by atoms with Gasteiger partial charge in [-0.3, -0.25) is 9.78 Å². The number of rotatable bonds is 5. The number of carbonyl (C=O) groups is 1. The Morgan fingerprint density at radius 3 is 2.81 bits per heavy atom. The number of hydrogen-bond donors (Lipinski definition) is 0. The molecule has 1 saturated heterocycles. The van der Waals surface area contributed by atoms with E-state index in [0.29, 0.717) is 42.3 Å². The van der Waals surface area contributed by atoms with E-state index in [2.05, 4.69) is 4.98 Å². The summed E-state index contributed by atoms with van der Waals surface area (Å²) in [5, 5.41) is 0.929. The van der Waals surface area contributed by atoms with Crippen molar-refractivity contribution in [3.8, 4) is 11.5 Å². The summed E-state index contributed by atoms with van der Waals surface area (Å²) >= 11 is 0. The molecule has 0 unspecified atom stereocenters. The zero-order valence-electron chi connectivity index (χ0n) is 17.5. The molecule has 1 amide bonds. The number of hydrogen-bond acceptors (Lipinski definition) is 6. The molecular weight excluding hydrogens is 396 g/mol. The number of pyridine rings is 1. The number of fused-ring (bicyclic) bond motifs is 2. The van der Waals surface area contributed by atoms with Gasteiger partial charge in [-0.05, 0) is 43.7 Å². The molecule has 1 aromatic heterocycles. The van der Waals surface area contributed by atoms with Gasteiger partial charge in [0.25, 0.3) is 5.91 Å². The second-order valence-electron chi connectivity index (χ2n) is 8.20. The summed E-state index contributed by atoms with van der Waals surface area (Å²) in [5.74, 6) is 0.654. The summed E-state index contributed by atoms with van der Waals surface area (Å²) < 4.78 is 22.6. The van der Waals surface area contributed by atoms with Crippen molar-refractivity contribution >= 4 is 16.8 Å². The molecule has 0 bridgehead atoms. The molecule has 2 aromatic carbocycles. The third-order valence-electron chi connectivity index (χ3n) is 5.45. The highest BCUT2D eigenvalue weighted by Crippen LogP contribution is 2.33. The zero-order valence-corrected chi connectivity index (χ0v) is 17.5. The fourth-order valence-electron chi connectivity index (χ4n) is 4.02. The van der Waals surface area contributed by atoms with E-state index < -0.39 is 5.79 Å². The minimum atomic E-state index is -0.654. The number of benzene rings is 2. The Bertz CT molecular complexity index is 1120. The lowest BCUT2D eigenvalue weighted by atomic mass is 10.1. The Kier molecular flexibility index (Phi) is 5.00. The Labute approximate surface area is 180 Å². The molecule has 7 heteroatoms. The minimum Gasteiger partial charge on any atom is -0.454 e. The molecule has 0 aliphatic carbocycles. The van der Waals surface area contributed by atoms with Gasteiger partial charge >= 0.3 is 0 Å². The zero-order chi connectivity index (χ0) is 21.4. The standard InChI is InChI=1S/C24H24N2O5/c1-24(2)30-14-18(31-24)13-26(12-16-8-9-20-21(11-16)29-15-28-20)23(27)19-7-3-5-17-6-4-10-25-22(17)19/h3-11,18H,12-15H2,1-2H3/t18-/m0/s1. The van der Waals surface area contributed by atoms with Crippen LogP contribution in [0.15, 0.2) is 54.7 Å². The second-order valence-corrected chi connectivity index (χ2v) is 8.20. The molecule has 2 aliphatic rings.